The van der Waals surface area contributed by atoms with Gasteiger partial charge in [-0.3, -0.25) is 4.99 Å². The second-order valence-electron chi connectivity index (χ2n) is 8.23. The Labute approximate surface area is 172 Å². The topological polar surface area (TPSA) is 55.3 Å². The number of ether oxygens (including phenoxy) is 3. The van der Waals surface area contributed by atoms with Crippen LogP contribution in [0.25, 0.3) is 0 Å². The van der Waals surface area contributed by atoms with Gasteiger partial charge >= 0.3 is 0 Å². The number of piperidine rings is 1. The molecule has 1 N–H and O–H groups in total. The molecule has 0 spiro atoms. The first kappa shape index (κ1) is 23.4. The minimum atomic E-state index is 0.346. The van der Waals surface area contributed by atoms with Crippen molar-refractivity contribution in [1.29, 1.82) is 0 Å². The zero-order valence-electron chi connectivity index (χ0n) is 18.5. The molecule has 0 atom stereocenters. The van der Waals surface area contributed by atoms with Crippen molar-refractivity contribution in [1.82, 2.24) is 10.2 Å². The smallest absolute Gasteiger partial charge is 0.193 e. The van der Waals surface area contributed by atoms with Crippen LogP contribution in [0.4, 0.5) is 0 Å². The maximum absolute atomic E-state index is 6.00. The number of rotatable bonds is 12. The second kappa shape index (κ2) is 13.4. The van der Waals surface area contributed by atoms with Crippen LogP contribution in [0, 0.1) is 5.41 Å². The molecule has 1 aliphatic carbocycles. The SMILES string of the molecule is CCNC(=NCC1(CCOCC)CCCC1)N1CCC(OCCCOC)CC1. The molecule has 0 aromatic carbocycles. The van der Waals surface area contributed by atoms with Gasteiger partial charge in [0.15, 0.2) is 5.96 Å². The highest BCUT2D eigenvalue weighted by molar-refractivity contribution is 5.80. The molecule has 0 radical (unpaired) electrons. The highest BCUT2D eigenvalue weighted by atomic mass is 16.5. The Morgan fingerprint density at radius 2 is 1.86 bits per heavy atom. The molecule has 0 aromatic heterocycles. The van der Waals surface area contributed by atoms with E-state index in [4.69, 9.17) is 19.2 Å². The molecule has 2 aliphatic rings. The van der Waals surface area contributed by atoms with Crippen molar-refractivity contribution in [3.63, 3.8) is 0 Å². The van der Waals surface area contributed by atoms with Gasteiger partial charge in [-0.25, -0.2) is 0 Å². The van der Waals surface area contributed by atoms with Crippen molar-refractivity contribution in [3.05, 3.63) is 0 Å². The molecule has 0 unspecified atom stereocenters. The minimum absolute atomic E-state index is 0.346. The third-order valence-corrected chi connectivity index (χ3v) is 6.13. The van der Waals surface area contributed by atoms with E-state index in [0.717, 1.165) is 84.2 Å². The summed E-state index contributed by atoms with van der Waals surface area (Å²) in [6, 6.07) is 0. The van der Waals surface area contributed by atoms with Gasteiger partial charge in [0.2, 0.25) is 0 Å². The van der Waals surface area contributed by atoms with Crippen LogP contribution < -0.4 is 5.32 Å². The number of aliphatic imine (C=N–C) groups is 1. The summed E-state index contributed by atoms with van der Waals surface area (Å²) in [7, 11) is 1.74. The van der Waals surface area contributed by atoms with Gasteiger partial charge in [0.25, 0.3) is 0 Å². The maximum atomic E-state index is 6.00. The number of nitrogens with one attached hydrogen (secondary N) is 1. The molecule has 1 heterocycles. The number of methoxy groups -OCH3 is 1. The second-order valence-corrected chi connectivity index (χ2v) is 8.23. The van der Waals surface area contributed by atoms with Crippen LogP contribution in [0.1, 0.15) is 65.2 Å². The highest BCUT2D eigenvalue weighted by Gasteiger charge is 2.34. The fraction of sp³-hybridized carbons (Fsp3) is 0.955. The first-order chi connectivity index (χ1) is 13.7. The molecule has 1 saturated heterocycles. The van der Waals surface area contributed by atoms with Gasteiger partial charge in [-0.2, -0.15) is 0 Å². The lowest BCUT2D eigenvalue weighted by Gasteiger charge is -2.35. The molecule has 0 aromatic rings. The number of nitrogens with zero attached hydrogens (tertiary/aromatic N) is 2. The molecule has 28 heavy (non-hydrogen) atoms. The van der Waals surface area contributed by atoms with Gasteiger partial charge in [-0.15, -0.1) is 0 Å². The van der Waals surface area contributed by atoms with E-state index in [0.29, 0.717) is 11.5 Å². The normalized spacial score (nSPS) is 20.7. The fourth-order valence-electron chi connectivity index (χ4n) is 4.40. The third-order valence-electron chi connectivity index (χ3n) is 6.13. The predicted molar refractivity (Wildman–Crippen MR) is 115 cm³/mol. The van der Waals surface area contributed by atoms with Crippen molar-refractivity contribution in [2.45, 2.75) is 71.3 Å². The van der Waals surface area contributed by atoms with E-state index in [1.807, 2.05) is 0 Å². The molecule has 2 rings (SSSR count). The molecule has 2 fully saturated rings. The summed E-state index contributed by atoms with van der Waals surface area (Å²) in [4.78, 5) is 7.52. The van der Waals surface area contributed by atoms with Gasteiger partial charge in [-0.1, -0.05) is 12.8 Å². The molecule has 0 amide bonds. The average molecular weight is 398 g/mol. The van der Waals surface area contributed by atoms with Crippen molar-refractivity contribution in [3.8, 4) is 0 Å². The predicted octanol–water partition coefficient (Wildman–Crippen LogP) is 3.46. The van der Waals surface area contributed by atoms with Crippen LogP contribution in [0.3, 0.4) is 0 Å². The molecular formula is C22H43N3O3. The van der Waals surface area contributed by atoms with E-state index in [1.165, 1.54) is 25.7 Å². The zero-order chi connectivity index (χ0) is 20.1. The van der Waals surface area contributed by atoms with Gasteiger partial charge in [0.1, 0.15) is 0 Å². The molecule has 1 aliphatic heterocycles. The lowest BCUT2D eigenvalue weighted by atomic mass is 9.83. The number of guanidine groups is 1. The zero-order valence-corrected chi connectivity index (χ0v) is 18.5. The van der Waals surface area contributed by atoms with Gasteiger partial charge in [-0.05, 0) is 57.8 Å². The number of likely N-dealkylation sites (tertiary alicyclic amines) is 1. The van der Waals surface area contributed by atoms with Crippen molar-refractivity contribution < 1.29 is 14.2 Å². The summed E-state index contributed by atoms with van der Waals surface area (Å²) in [5.74, 6) is 1.09. The van der Waals surface area contributed by atoms with E-state index < -0.39 is 0 Å². The Morgan fingerprint density at radius 1 is 1.11 bits per heavy atom. The lowest BCUT2D eigenvalue weighted by Crippen LogP contribution is -2.47. The van der Waals surface area contributed by atoms with Crippen molar-refractivity contribution in [2.24, 2.45) is 10.4 Å². The summed E-state index contributed by atoms with van der Waals surface area (Å²) in [6.45, 7) is 11.4. The molecule has 6 heteroatoms. The quantitative estimate of drug-likeness (QED) is 0.310. The Hall–Kier alpha value is -0.850. The van der Waals surface area contributed by atoms with Gasteiger partial charge in [0.05, 0.1) is 6.10 Å². The average Bonchev–Trinajstić information content (AvgIpc) is 3.18. The highest BCUT2D eigenvalue weighted by Crippen LogP contribution is 2.41. The first-order valence-electron chi connectivity index (χ1n) is 11.4. The van der Waals surface area contributed by atoms with Gasteiger partial charge < -0.3 is 24.4 Å². The molecule has 164 valence electrons. The van der Waals surface area contributed by atoms with Crippen LogP contribution >= 0.6 is 0 Å². The maximum Gasteiger partial charge on any atom is 0.193 e. The monoisotopic (exact) mass is 397 g/mol. The van der Waals surface area contributed by atoms with E-state index in [-0.39, 0.29) is 0 Å². The molecule has 1 saturated carbocycles. The number of hydrogen-bond donors (Lipinski definition) is 1. The largest absolute Gasteiger partial charge is 0.385 e. The third kappa shape index (κ3) is 7.88. The van der Waals surface area contributed by atoms with Crippen molar-refractivity contribution >= 4 is 5.96 Å². The number of hydrogen-bond acceptors (Lipinski definition) is 4. The first-order valence-corrected chi connectivity index (χ1v) is 11.4. The van der Waals surface area contributed by atoms with Crippen molar-refractivity contribution in [2.75, 3.05) is 59.7 Å². The lowest BCUT2D eigenvalue weighted by molar-refractivity contribution is 0.00985. The summed E-state index contributed by atoms with van der Waals surface area (Å²) >= 11 is 0. The summed E-state index contributed by atoms with van der Waals surface area (Å²) in [5, 5.41) is 3.52. The van der Waals surface area contributed by atoms with E-state index in [2.05, 4.69) is 24.1 Å². The van der Waals surface area contributed by atoms with Crippen LogP contribution in [0.15, 0.2) is 4.99 Å². The van der Waals surface area contributed by atoms with E-state index in [9.17, 15) is 0 Å². The van der Waals surface area contributed by atoms with E-state index >= 15 is 0 Å². The Kier molecular flexibility index (Phi) is 11.2. The van der Waals surface area contributed by atoms with Crippen LogP contribution in [-0.2, 0) is 14.2 Å². The van der Waals surface area contributed by atoms with E-state index in [1.54, 1.807) is 7.11 Å². The van der Waals surface area contributed by atoms with Crippen LogP contribution in [0.5, 0.6) is 0 Å². The Bertz CT molecular complexity index is 431. The van der Waals surface area contributed by atoms with Crippen LogP contribution in [0.2, 0.25) is 0 Å². The summed E-state index contributed by atoms with van der Waals surface area (Å²) in [5.41, 5.74) is 0.346. The molecule has 6 nitrogen and oxygen atoms in total. The molecular weight excluding hydrogens is 354 g/mol. The van der Waals surface area contributed by atoms with Crippen LogP contribution in [-0.4, -0.2) is 76.7 Å². The standard InChI is InChI=1S/C22H43N3O3/c1-4-23-21(24-19-22(11-6-7-12-22)13-18-27-5-2)25-14-9-20(10-15-25)28-17-8-16-26-3/h20H,4-19H2,1-3H3,(H,23,24). The summed E-state index contributed by atoms with van der Waals surface area (Å²) < 4.78 is 16.8. The summed E-state index contributed by atoms with van der Waals surface area (Å²) in [6.07, 6.45) is 9.91. The fourth-order valence-corrected chi connectivity index (χ4v) is 4.40. The minimum Gasteiger partial charge on any atom is -0.385 e. The molecule has 0 bridgehead atoms. The van der Waals surface area contributed by atoms with Gasteiger partial charge in [0, 0.05) is 59.7 Å². The Balaban J connectivity index is 1.84. The Morgan fingerprint density at radius 3 is 2.50 bits per heavy atom.